The van der Waals surface area contributed by atoms with Crippen LogP contribution in [0.25, 0.3) is 11.4 Å². The minimum Gasteiger partial charge on any atom is -0.337 e. The third-order valence-electron chi connectivity index (χ3n) is 4.11. The van der Waals surface area contributed by atoms with E-state index in [-0.39, 0.29) is 6.04 Å². The molecule has 20 heavy (non-hydrogen) atoms. The monoisotopic (exact) mass is 271 g/mol. The van der Waals surface area contributed by atoms with Gasteiger partial charge in [-0.15, -0.1) is 0 Å². The van der Waals surface area contributed by atoms with E-state index in [1.807, 2.05) is 12.1 Å². The second kappa shape index (κ2) is 5.75. The van der Waals surface area contributed by atoms with Crippen LogP contribution in [0.5, 0.6) is 0 Å². The lowest BCUT2D eigenvalue weighted by Gasteiger charge is -2.27. The summed E-state index contributed by atoms with van der Waals surface area (Å²) in [7, 11) is 0. The lowest BCUT2D eigenvalue weighted by molar-refractivity contribution is 0.246. The van der Waals surface area contributed by atoms with Gasteiger partial charge < -0.3 is 9.84 Å². The number of hydrogen-bond acceptors (Lipinski definition) is 4. The molecule has 1 aromatic carbocycles. The highest BCUT2D eigenvalue weighted by molar-refractivity contribution is 5.55. The van der Waals surface area contributed by atoms with Crippen molar-refractivity contribution in [2.24, 2.45) is 5.92 Å². The van der Waals surface area contributed by atoms with Gasteiger partial charge in [-0.25, -0.2) is 0 Å². The highest BCUT2D eigenvalue weighted by Gasteiger charge is 2.26. The molecule has 0 radical (unpaired) electrons. The zero-order chi connectivity index (χ0) is 13.9. The van der Waals surface area contributed by atoms with Gasteiger partial charge >= 0.3 is 0 Å². The molecular formula is C16H21N3O. The number of nitrogens with one attached hydrogen (secondary N) is 1. The molecule has 1 fully saturated rings. The van der Waals surface area contributed by atoms with Crippen molar-refractivity contribution in [1.82, 2.24) is 15.5 Å². The van der Waals surface area contributed by atoms with Gasteiger partial charge in [0.1, 0.15) is 0 Å². The van der Waals surface area contributed by atoms with Gasteiger partial charge in [-0.3, -0.25) is 0 Å². The number of aryl methyl sites for hydroxylation is 1. The molecule has 4 heteroatoms. The van der Waals surface area contributed by atoms with Gasteiger partial charge in [0.05, 0.1) is 6.04 Å². The Balaban J connectivity index is 1.80. The van der Waals surface area contributed by atoms with Crippen molar-refractivity contribution in [2.45, 2.75) is 39.2 Å². The topological polar surface area (TPSA) is 51.0 Å². The Morgan fingerprint density at radius 2 is 2.30 bits per heavy atom. The molecule has 2 heterocycles. The summed E-state index contributed by atoms with van der Waals surface area (Å²) in [6.45, 7) is 5.35. The molecule has 2 aromatic rings. The third kappa shape index (κ3) is 2.75. The molecule has 0 bridgehead atoms. The molecular weight excluding hydrogens is 250 g/mol. The molecule has 2 unspecified atom stereocenters. The Bertz CT molecular complexity index is 579. The van der Waals surface area contributed by atoms with Crippen molar-refractivity contribution in [3.05, 3.63) is 35.7 Å². The van der Waals surface area contributed by atoms with Gasteiger partial charge in [0, 0.05) is 5.56 Å². The number of piperidine rings is 1. The lowest BCUT2D eigenvalue weighted by Crippen LogP contribution is -2.31. The molecule has 1 aromatic heterocycles. The average molecular weight is 271 g/mol. The van der Waals surface area contributed by atoms with Crippen LogP contribution < -0.4 is 5.32 Å². The van der Waals surface area contributed by atoms with Crippen molar-refractivity contribution in [3.8, 4) is 11.4 Å². The maximum Gasteiger partial charge on any atom is 0.244 e. The van der Waals surface area contributed by atoms with Crippen LogP contribution in [0, 0.1) is 12.8 Å². The van der Waals surface area contributed by atoms with Crippen LogP contribution >= 0.6 is 0 Å². The van der Waals surface area contributed by atoms with Gasteiger partial charge in [0.15, 0.2) is 0 Å². The smallest absolute Gasteiger partial charge is 0.244 e. The third-order valence-corrected chi connectivity index (χ3v) is 4.11. The predicted molar refractivity (Wildman–Crippen MR) is 78.2 cm³/mol. The summed E-state index contributed by atoms with van der Waals surface area (Å²) < 4.78 is 5.47. The first kappa shape index (κ1) is 13.3. The maximum atomic E-state index is 5.47. The molecule has 3 rings (SSSR count). The zero-order valence-electron chi connectivity index (χ0n) is 12.1. The zero-order valence-corrected chi connectivity index (χ0v) is 12.1. The van der Waals surface area contributed by atoms with Gasteiger partial charge in [-0.1, -0.05) is 42.3 Å². The van der Waals surface area contributed by atoms with Gasteiger partial charge in [-0.05, 0) is 38.3 Å². The molecule has 1 N–H and O–H groups in total. The summed E-state index contributed by atoms with van der Waals surface area (Å²) in [5.41, 5.74) is 2.22. The summed E-state index contributed by atoms with van der Waals surface area (Å²) in [6.07, 6.45) is 3.55. The number of aromatic nitrogens is 2. The second-order valence-corrected chi connectivity index (χ2v) is 5.63. The molecule has 0 amide bonds. The second-order valence-electron chi connectivity index (χ2n) is 5.63. The van der Waals surface area contributed by atoms with Gasteiger partial charge in [0.25, 0.3) is 0 Å². The Morgan fingerprint density at radius 3 is 3.10 bits per heavy atom. The van der Waals surface area contributed by atoms with Crippen LogP contribution in [-0.4, -0.2) is 16.7 Å². The molecule has 0 aliphatic carbocycles. The number of rotatable bonds is 3. The molecule has 1 aliphatic rings. The quantitative estimate of drug-likeness (QED) is 0.928. The normalized spacial score (nSPS) is 22.9. The number of nitrogens with zero attached hydrogens (tertiary/aromatic N) is 2. The van der Waals surface area contributed by atoms with Crippen molar-refractivity contribution < 1.29 is 4.52 Å². The fraction of sp³-hybridized carbons (Fsp3) is 0.500. The largest absolute Gasteiger partial charge is 0.337 e. The van der Waals surface area contributed by atoms with E-state index in [4.69, 9.17) is 4.52 Å². The van der Waals surface area contributed by atoms with Crippen LogP contribution in [0.15, 0.2) is 28.8 Å². The molecule has 1 aliphatic heterocycles. The van der Waals surface area contributed by atoms with E-state index in [1.54, 1.807) is 0 Å². The Labute approximate surface area is 119 Å². The summed E-state index contributed by atoms with van der Waals surface area (Å²) in [6, 6.07) is 8.40. The molecule has 106 valence electrons. The van der Waals surface area contributed by atoms with Gasteiger partial charge in [-0.2, -0.15) is 4.98 Å². The highest BCUT2D eigenvalue weighted by Crippen LogP contribution is 2.29. The van der Waals surface area contributed by atoms with E-state index >= 15 is 0 Å². The van der Waals surface area contributed by atoms with Crippen LogP contribution in [0.3, 0.4) is 0 Å². The first-order chi connectivity index (χ1) is 9.76. The Morgan fingerprint density at radius 1 is 1.40 bits per heavy atom. The standard InChI is InChI=1S/C16H21N3O/c1-3-12-7-8-17-14(10-12)16-18-15(19-20-16)13-6-4-5-11(2)9-13/h4-6,9,12,14,17H,3,7-8,10H2,1-2H3. The first-order valence-corrected chi connectivity index (χ1v) is 7.40. The SMILES string of the molecule is CCC1CCNC(c2nc(-c3cccc(C)c3)no2)C1. The molecule has 2 atom stereocenters. The van der Waals surface area contributed by atoms with Gasteiger partial charge in [0.2, 0.25) is 11.7 Å². The number of hydrogen-bond donors (Lipinski definition) is 1. The summed E-state index contributed by atoms with van der Waals surface area (Å²) in [4.78, 5) is 4.57. The molecule has 0 spiro atoms. The average Bonchev–Trinajstić information content (AvgIpc) is 2.97. The predicted octanol–water partition coefficient (Wildman–Crippen LogP) is 3.50. The van der Waals surface area contributed by atoms with Crippen molar-refractivity contribution in [2.75, 3.05) is 6.54 Å². The van der Waals surface area contributed by atoms with E-state index in [1.165, 1.54) is 18.4 Å². The van der Waals surface area contributed by atoms with E-state index in [9.17, 15) is 0 Å². The Hall–Kier alpha value is -1.68. The fourth-order valence-corrected chi connectivity index (χ4v) is 2.83. The minimum absolute atomic E-state index is 0.208. The Kier molecular flexibility index (Phi) is 3.83. The minimum atomic E-state index is 0.208. The summed E-state index contributed by atoms with van der Waals surface area (Å²) in [5.74, 6) is 2.17. The number of benzene rings is 1. The fourth-order valence-electron chi connectivity index (χ4n) is 2.83. The molecule has 0 saturated carbocycles. The molecule has 1 saturated heterocycles. The van der Waals surface area contributed by atoms with E-state index in [0.29, 0.717) is 5.82 Å². The van der Waals surface area contributed by atoms with E-state index < -0.39 is 0 Å². The maximum absolute atomic E-state index is 5.47. The first-order valence-electron chi connectivity index (χ1n) is 7.40. The lowest BCUT2D eigenvalue weighted by atomic mass is 9.90. The summed E-state index contributed by atoms with van der Waals surface area (Å²) in [5, 5.41) is 7.61. The summed E-state index contributed by atoms with van der Waals surface area (Å²) >= 11 is 0. The van der Waals surface area contributed by atoms with Crippen molar-refractivity contribution in [1.29, 1.82) is 0 Å². The van der Waals surface area contributed by atoms with E-state index in [2.05, 4.69) is 41.4 Å². The van der Waals surface area contributed by atoms with E-state index in [0.717, 1.165) is 30.3 Å². The van der Waals surface area contributed by atoms with Crippen LogP contribution in [0.2, 0.25) is 0 Å². The van der Waals surface area contributed by atoms with Crippen molar-refractivity contribution in [3.63, 3.8) is 0 Å². The van der Waals surface area contributed by atoms with Crippen molar-refractivity contribution >= 4 is 0 Å². The van der Waals surface area contributed by atoms with Crippen LogP contribution in [0.1, 0.15) is 43.7 Å². The molecule has 4 nitrogen and oxygen atoms in total. The van der Waals surface area contributed by atoms with Crippen LogP contribution in [-0.2, 0) is 0 Å². The van der Waals surface area contributed by atoms with Crippen LogP contribution in [0.4, 0.5) is 0 Å². The highest BCUT2D eigenvalue weighted by atomic mass is 16.5.